The number of carbonyl (C=O) groups excluding carboxylic acids is 1. The second-order valence-electron chi connectivity index (χ2n) is 5.14. The quantitative estimate of drug-likeness (QED) is 0.892. The SMILES string of the molecule is COc1ccc(NC(=O)CC2(N)CCCC2)cc1Cl. The average Bonchev–Trinajstić information content (AvgIpc) is 2.75. The van der Waals surface area contributed by atoms with E-state index in [2.05, 4.69) is 5.32 Å². The highest BCUT2D eigenvalue weighted by Gasteiger charge is 2.31. The summed E-state index contributed by atoms with van der Waals surface area (Å²) in [6, 6.07) is 5.17. The Bertz CT molecular complexity index is 471. The number of carbonyl (C=O) groups is 1. The smallest absolute Gasteiger partial charge is 0.226 e. The molecule has 0 unspecified atom stereocenters. The second kappa shape index (κ2) is 5.80. The zero-order valence-electron chi connectivity index (χ0n) is 11.0. The molecule has 3 N–H and O–H groups in total. The Morgan fingerprint density at radius 3 is 2.74 bits per heavy atom. The number of hydrogen-bond acceptors (Lipinski definition) is 3. The third-order valence-electron chi connectivity index (χ3n) is 3.55. The molecule has 0 aliphatic heterocycles. The molecule has 1 aliphatic carbocycles. The van der Waals surface area contributed by atoms with Crippen molar-refractivity contribution in [2.24, 2.45) is 5.73 Å². The van der Waals surface area contributed by atoms with E-state index >= 15 is 0 Å². The number of nitrogens with two attached hydrogens (primary N) is 1. The number of rotatable bonds is 4. The predicted molar refractivity (Wildman–Crippen MR) is 76.6 cm³/mol. The number of benzene rings is 1. The fourth-order valence-electron chi connectivity index (χ4n) is 2.52. The van der Waals surface area contributed by atoms with Crippen molar-refractivity contribution >= 4 is 23.2 Å². The van der Waals surface area contributed by atoms with Crippen molar-refractivity contribution in [2.75, 3.05) is 12.4 Å². The Hall–Kier alpha value is -1.26. The molecule has 1 aromatic rings. The Balaban J connectivity index is 1.97. The van der Waals surface area contributed by atoms with E-state index in [1.165, 1.54) is 0 Å². The van der Waals surface area contributed by atoms with Crippen LogP contribution in [0.3, 0.4) is 0 Å². The summed E-state index contributed by atoms with van der Waals surface area (Å²) in [5.74, 6) is 0.524. The van der Waals surface area contributed by atoms with E-state index in [1.54, 1.807) is 25.3 Å². The Labute approximate surface area is 118 Å². The van der Waals surface area contributed by atoms with Gasteiger partial charge in [0, 0.05) is 17.6 Å². The molecule has 0 radical (unpaired) electrons. The van der Waals surface area contributed by atoms with Crippen LogP contribution in [-0.4, -0.2) is 18.6 Å². The van der Waals surface area contributed by atoms with E-state index in [0.29, 0.717) is 22.9 Å². The predicted octanol–water partition coefficient (Wildman–Crippen LogP) is 2.95. The van der Waals surface area contributed by atoms with Gasteiger partial charge in [-0.25, -0.2) is 0 Å². The highest BCUT2D eigenvalue weighted by Crippen LogP contribution is 2.31. The van der Waals surface area contributed by atoms with Crippen molar-refractivity contribution in [1.29, 1.82) is 0 Å². The highest BCUT2D eigenvalue weighted by molar-refractivity contribution is 6.32. The summed E-state index contributed by atoms with van der Waals surface area (Å²) in [5, 5.41) is 3.30. The van der Waals surface area contributed by atoms with Crippen molar-refractivity contribution in [3.05, 3.63) is 23.2 Å². The summed E-state index contributed by atoms with van der Waals surface area (Å²) in [6.07, 6.45) is 4.42. The largest absolute Gasteiger partial charge is 0.495 e. The summed E-state index contributed by atoms with van der Waals surface area (Å²) in [6.45, 7) is 0. The molecule has 2 rings (SSSR count). The van der Waals surface area contributed by atoms with Gasteiger partial charge in [0.2, 0.25) is 5.91 Å². The molecular formula is C14H19ClN2O2. The molecular weight excluding hydrogens is 264 g/mol. The summed E-state index contributed by atoms with van der Waals surface area (Å²) in [5.41, 5.74) is 6.51. The number of ether oxygens (including phenoxy) is 1. The lowest BCUT2D eigenvalue weighted by molar-refractivity contribution is -0.117. The van der Waals surface area contributed by atoms with E-state index in [1.807, 2.05) is 0 Å². The summed E-state index contributed by atoms with van der Waals surface area (Å²) >= 11 is 6.01. The van der Waals surface area contributed by atoms with Crippen molar-refractivity contribution in [2.45, 2.75) is 37.6 Å². The van der Waals surface area contributed by atoms with Crippen LogP contribution < -0.4 is 15.8 Å². The molecule has 5 heteroatoms. The lowest BCUT2D eigenvalue weighted by atomic mass is 9.94. The number of hydrogen-bond donors (Lipinski definition) is 2. The van der Waals surface area contributed by atoms with Gasteiger partial charge in [-0.05, 0) is 31.0 Å². The first kappa shape index (κ1) is 14.2. The number of halogens is 1. The minimum atomic E-state index is -0.333. The molecule has 1 aromatic carbocycles. The fourth-order valence-corrected chi connectivity index (χ4v) is 2.78. The van der Waals surface area contributed by atoms with Gasteiger partial charge in [-0.2, -0.15) is 0 Å². The number of anilines is 1. The lowest BCUT2D eigenvalue weighted by Crippen LogP contribution is -2.40. The molecule has 104 valence electrons. The zero-order valence-corrected chi connectivity index (χ0v) is 11.8. The van der Waals surface area contributed by atoms with Gasteiger partial charge in [0.15, 0.2) is 0 Å². The molecule has 1 aliphatic rings. The number of nitrogens with one attached hydrogen (secondary N) is 1. The second-order valence-corrected chi connectivity index (χ2v) is 5.55. The molecule has 1 amide bonds. The number of amides is 1. The van der Waals surface area contributed by atoms with Crippen LogP contribution in [0.5, 0.6) is 5.75 Å². The average molecular weight is 283 g/mol. The summed E-state index contributed by atoms with van der Waals surface area (Å²) < 4.78 is 5.06. The maximum atomic E-state index is 12.0. The van der Waals surface area contributed by atoms with Crippen LogP contribution in [0, 0.1) is 0 Å². The van der Waals surface area contributed by atoms with Gasteiger partial charge in [-0.1, -0.05) is 24.4 Å². The minimum absolute atomic E-state index is 0.0642. The Morgan fingerprint density at radius 1 is 1.47 bits per heavy atom. The molecule has 0 heterocycles. The van der Waals surface area contributed by atoms with Crippen molar-refractivity contribution < 1.29 is 9.53 Å². The summed E-state index contributed by atoms with van der Waals surface area (Å²) in [4.78, 5) is 12.0. The monoisotopic (exact) mass is 282 g/mol. The van der Waals surface area contributed by atoms with Crippen molar-refractivity contribution in [3.8, 4) is 5.75 Å². The van der Waals surface area contributed by atoms with E-state index in [0.717, 1.165) is 25.7 Å². The van der Waals surface area contributed by atoms with Crippen molar-refractivity contribution in [3.63, 3.8) is 0 Å². The van der Waals surface area contributed by atoms with Crippen molar-refractivity contribution in [1.82, 2.24) is 0 Å². The third-order valence-corrected chi connectivity index (χ3v) is 3.84. The fraction of sp³-hybridized carbons (Fsp3) is 0.500. The van der Waals surface area contributed by atoms with E-state index in [4.69, 9.17) is 22.1 Å². The first-order valence-corrected chi connectivity index (χ1v) is 6.82. The molecule has 0 aromatic heterocycles. The standard InChI is InChI=1S/C14H19ClN2O2/c1-19-12-5-4-10(8-11(12)15)17-13(18)9-14(16)6-2-3-7-14/h4-5,8H,2-3,6-7,9,16H2,1H3,(H,17,18). The van der Waals surface area contributed by atoms with E-state index < -0.39 is 0 Å². The van der Waals surface area contributed by atoms with Gasteiger partial charge < -0.3 is 15.8 Å². The maximum Gasteiger partial charge on any atom is 0.226 e. The molecule has 0 bridgehead atoms. The van der Waals surface area contributed by atoms with Crippen LogP contribution in [0.25, 0.3) is 0 Å². The van der Waals surface area contributed by atoms with E-state index in [9.17, 15) is 4.79 Å². The van der Waals surface area contributed by atoms with Crippen LogP contribution in [0.1, 0.15) is 32.1 Å². The Kier molecular flexibility index (Phi) is 4.32. The van der Waals surface area contributed by atoms with Gasteiger partial charge >= 0.3 is 0 Å². The van der Waals surface area contributed by atoms with Gasteiger partial charge in [-0.3, -0.25) is 4.79 Å². The van der Waals surface area contributed by atoms with E-state index in [-0.39, 0.29) is 11.4 Å². The summed E-state index contributed by atoms with van der Waals surface area (Å²) in [7, 11) is 1.55. The molecule has 4 nitrogen and oxygen atoms in total. The topological polar surface area (TPSA) is 64.3 Å². The Morgan fingerprint density at radius 2 is 2.16 bits per heavy atom. The lowest BCUT2D eigenvalue weighted by Gasteiger charge is -2.22. The molecule has 19 heavy (non-hydrogen) atoms. The molecule has 1 saturated carbocycles. The normalized spacial score (nSPS) is 17.2. The van der Waals surface area contributed by atoms with Gasteiger partial charge in [0.05, 0.1) is 12.1 Å². The highest BCUT2D eigenvalue weighted by atomic mass is 35.5. The van der Waals surface area contributed by atoms with Gasteiger partial charge in [0.25, 0.3) is 0 Å². The maximum absolute atomic E-state index is 12.0. The first-order valence-electron chi connectivity index (χ1n) is 6.45. The van der Waals surface area contributed by atoms with Crippen LogP contribution in [0.15, 0.2) is 18.2 Å². The number of methoxy groups -OCH3 is 1. The minimum Gasteiger partial charge on any atom is -0.495 e. The zero-order chi connectivity index (χ0) is 13.9. The molecule has 0 saturated heterocycles. The first-order chi connectivity index (χ1) is 9.02. The van der Waals surface area contributed by atoms with Gasteiger partial charge in [0.1, 0.15) is 5.75 Å². The van der Waals surface area contributed by atoms with Crippen LogP contribution >= 0.6 is 11.6 Å². The molecule has 0 atom stereocenters. The van der Waals surface area contributed by atoms with Crippen LogP contribution in [-0.2, 0) is 4.79 Å². The van der Waals surface area contributed by atoms with Gasteiger partial charge in [-0.15, -0.1) is 0 Å². The third kappa shape index (κ3) is 3.61. The molecule has 1 fully saturated rings. The molecule has 0 spiro atoms. The van der Waals surface area contributed by atoms with Crippen LogP contribution in [0.2, 0.25) is 5.02 Å². The van der Waals surface area contributed by atoms with Crippen LogP contribution in [0.4, 0.5) is 5.69 Å².